The average molecular weight is 1120 g/mol. The van der Waals surface area contributed by atoms with Crippen LogP contribution in [0.15, 0.2) is 244 Å². The topological polar surface area (TPSA) is 53.6 Å². The van der Waals surface area contributed by atoms with Crippen molar-refractivity contribution < 1.29 is 18.1 Å². The molecule has 6 nitrogen and oxygen atoms in total. The zero-order valence-electron chi connectivity index (χ0n) is 45.4. The van der Waals surface area contributed by atoms with E-state index in [2.05, 4.69) is 265 Å². The normalized spacial score (nSPS) is 14.5. The van der Waals surface area contributed by atoms with Crippen LogP contribution in [0.2, 0.25) is 0 Å². The molecule has 0 atom stereocenters. The average Bonchev–Trinajstić information content (AvgIpc) is 3.03. The molecule has 390 valence electrons. The molecule has 0 aliphatic carbocycles. The minimum absolute atomic E-state index is 0.346. The fraction of sp³-hybridized carbons (Fsp3) is 0.0811. The number of halogens is 1. The molecule has 82 heavy (non-hydrogen) atoms. The Labute approximate surface area is 479 Å². The van der Waals surface area contributed by atoms with E-state index >= 15 is 0 Å². The summed E-state index contributed by atoms with van der Waals surface area (Å²) in [4.78, 5) is 0. The molecule has 0 saturated carbocycles. The van der Waals surface area contributed by atoms with Gasteiger partial charge in [-0.05, 0) is 139 Å². The van der Waals surface area contributed by atoms with E-state index in [1.54, 1.807) is 0 Å². The fourth-order valence-corrected chi connectivity index (χ4v) is 13.6. The van der Waals surface area contributed by atoms with Gasteiger partial charge in [0, 0.05) is 69.1 Å². The van der Waals surface area contributed by atoms with Gasteiger partial charge < -0.3 is 26.9 Å². The summed E-state index contributed by atoms with van der Waals surface area (Å²) in [5, 5.41) is 19.9. The quantitative estimate of drug-likeness (QED) is 0.162. The number of nitrogens with zero attached hydrogens (tertiary/aromatic N) is 2. The zero-order valence-corrected chi connectivity index (χ0v) is 47.0. The third-order valence-electron chi connectivity index (χ3n) is 18.0. The van der Waals surface area contributed by atoms with Gasteiger partial charge in [-0.15, -0.1) is 0 Å². The molecule has 6 aromatic heterocycles. The number of furan rings is 2. The third-order valence-corrected chi connectivity index (χ3v) is 18.5. The largest absolute Gasteiger partial charge is 0.494 e. The number of para-hydroxylation sites is 4. The van der Waals surface area contributed by atoms with Crippen molar-refractivity contribution >= 4 is 170 Å². The first kappa shape index (κ1) is 47.6. The predicted molar refractivity (Wildman–Crippen MR) is 347 cm³/mol. The summed E-state index contributed by atoms with van der Waals surface area (Å²) in [5.41, 5.74) is 14.1. The van der Waals surface area contributed by atoms with Gasteiger partial charge in [-0.2, -0.15) is 0 Å². The van der Waals surface area contributed by atoms with E-state index in [1.165, 1.54) is 109 Å². The van der Waals surface area contributed by atoms with E-state index in [0.717, 1.165) is 53.8 Å². The molecule has 0 unspecified atom stereocenters. The molecule has 1 fully saturated rings. The summed E-state index contributed by atoms with van der Waals surface area (Å²) in [6.45, 7) is 8.30. The molecule has 0 N–H and O–H groups in total. The highest BCUT2D eigenvalue weighted by molar-refractivity contribution is 9.10. The molecule has 7 heterocycles. The summed E-state index contributed by atoms with van der Waals surface area (Å²) >= 11 is 3.60. The van der Waals surface area contributed by atoms with Crippen molar-refractivity contribution in [1.29, 1.82) is 0 Å². The number of fused-ring (bicyclic) bond motifs is 20. The molecule has 1 saturated heterocycles. The molecule has 1 aliphatic rings. The molecule has 0 bridgehead atoms. The van der Waals surface area contributed by atoms with Crippen molar-refractivity contribution in [2.75, 3.05) is 0 Å². The van der Waals surface area contributed by atoms with Gasteiger partial charge >= 0.3 is 7.12 Å². The molecule has 12 aromatic carbocycles. The minimum Gasteiger partial charge on any atom is -0.456 e. The van der Waals surface area contributed by atoms with Crippen molar-refractivity contribution in [1.82, 2.24) is 8.80 Å². The Morgan fingerprint density at radius 1 is 0.317 bits per heavy atom. The molecule has 8 heteroatoms. The van der Waals surface area contributed by atoms with Crippen LogP contribution < -0.4 is 5.46 Å². The van der Waals surface area contributed by atoms with Gasteiger partial charge in [0.25, 0.3) is 0 Å². The van der Waals surface area contributed by atoms with Crippen molar-refractivity contribution in [3.05, 3.63) is 235 Å². The van der Waals surface area contributed by atoms with Crippen LogP contribution in [0.3, 0.4) is 0 Å². The second-order valence-corrected chi connectivity index (χ2v) is 24.1. The van der Waals surface area contributed by atoms with Crippen LogP contribution in [-0.4, -0.2) is 27.1 Å². The maximum atomic E-state index is 6.24. The number of rotatable bonds is 2. The van der Waals surface area contributed by atoms with Crippen LogP contribution in [0.25, 0.3) is 153 Å². The van der Waals surface area contributed by atoms with Gasteiger partial charge in [-0.1, -0.05) is 174 Å². The van der Waals surface area contributed by atoms with Crippen LogP contribution in [0.5, 0.6) is 0 Å². The van der Waals surface area contributed by atoms with Crippen molar-refractivity contribution in [2.45, 2.75) is 38.9 Å². The molecule has 0 radical (unpaired) electrons. The van der Waals surface area contributed by atoms with Crippen LogP contribution >= 0.6 is 15.9 Å². The summed E-state index contributed by atoms with van der Waals surface area (Å²) in [7, 11) is -0.366. The molecule has 1 aliphatic heterocycles. The Morgan fingerprint density at radius 2 is 0.720 bits per heavy atom. The van der Waals surface area contributed by atoms with Gasteiger partial charge in [0.2, 0.25) is 0 Å². The third kappa shape index (κ3) is 7.02. The van der Waals surface area contributed by atoms with Crippen LogP contribution in [0.4, 0.5) is 0 Å². The van der Waals surface area contributed by atoms with E-state index in [4.69, 9.17) is 18.1 Å². The summed E-state index contributed by atoms with van der Waals surface area (Å²) < 4.78 is 30.7. The second kappa shape index (κ2) is 17.4. The van der Waals surface area contributed by atoms with Gasteiger partial charge in [-0.25, -0.2) is 0 Å². The summed E-state index contributed by atoms with van der Waals surface area (Å²) in [6, 6.07) is 82.3. The Balaban J connectivity index is 0.000000102. The highest BCUT2D eigenvalue weighted by Gasteiger charge is 2.51. The number of aromatic nitrogens is 2. The van der Waals surface area contributed by atoms with E-state index in [1.807, 2.05) is 18.2 Å². The lowest BCUT2D eigenvalue weighted by molar-refractivity contribution is 0.00578. The first-order chi connectivity index (χ1) is 40.0. The molecule has 0 amide bonds. The van der Waals surface area contributed by atoms with Crippen molar-refractivity contribution in [3.63, 3.8) is 0 Å². The second-order valence-electron chi connectivity index (χ2n) is 23.2. The fourth-order valence-electron chi connectivity index (χ4n) is 13.3. The lowest BCUT2D eigenvalue weighted by Crippen LogP contribution is -2.41. The van der Waals surface area contributed by atoms with Gasteiger partial charge in [0.05, 0.1) is 44.3 Å². The van der Waals surface area contributed by atoms with Crippen LogP contribution in [0, 0.1) is 0 Å². The Kier molecular flexibility index (Phi) is 10.1. The van der Waals surface area contributed by atoms with E-state index in [-0.39, 0.29) is 18.3 Å². The highest BCUT2D eigenvalue weighted by Crippen LogP contribution is 2.44. The summed E-state index contributed by atoms with van der Waals surface area (Å²) in [6.07, 6.45) is 0. The minimum atomic E-state index is -0.366. The maximum Gasteiger partial charge on any atom is 0.494 e. The molecule has 0 spiro atoms. The monoisotopic (exact) mass is 1120 g/mol. The van der Waals surface area contributed by atoms with Crippen LogP contribution in [0.1, 0.15) is 27.7 Å². The molecule has 18 aromatic rings. The van der Waals surface area contributed by atoms with Crippen molar-refractivity contribution in [2.24, 2.45) is 0 Å². The number of benzene rings is 12. The molecular formula is C74H50BBrN2O4. The van der Waals surface area contributed by atoms with Gasteiger partial charge in [0.15, 0.2) is 0 Å². The zero-order chi connectivity index (χ0) is 54.8. The Bertz CT molecular complexity index is 5630. The summed E-state index contributed by atoms with van der Waals surface area (Å²) in [5.74, 6) is 0. The number of hydrogen-bond donors (Lipinski definition) is 0. The van der Waals surface area contributed by atoms with Gasteiger partial charge in [-0.3, -0.25) is 0 Å². The molecule has 19 rings (SSSR count). The maximum absolute atomic E-state index is 6.24. The Morgan fingerprint density at radius 3 is 1.27 bits per heavy atom. The molecular weight excluding hydrogens is 1070 g/mol. The predicted octanol–water partition coefficient (Wildman–Crippen LogP) is 20.2. The van der Waals surface area contributed by atoms with E-state index < -0.39 is 0 Å². The lowest BCUT2D eigenvalue weighted by atomic mass is 9.78. The van der Waals surface area contributed by atoms with E-state index in [9.17, 15) is 0 Å². The SMILES string of the molecule is Brc1ccc2c3cccc4c5ccccc5n(c2c1)c43.CC1(C)OB(c2ccc3oc4cc5ccccc5cc4c3c2)OC1(C)C.c1ccc2cc3c(cc2c1)oc1ccc(-c2ccc4c5cccc6c7ccccc7n(c4c2)c65)cc13. The smallest absolute Gasteiger partial charge is 0.456 e. The highest BCUT2D eigenvalue weighted by atomic mass is 79.9. The Hall–Kier alpha value is -9.18. The van der Waals surface area contributed by atoms with E-state index in [0.29, 0.717) is 0 Å². The standard InChI is InChI=1S/C34H19NO.C22H21BO3.C18H10BrN/c1-2-7-21-19-33-29(16-20(21)6-1)28-17-22(13-15-32(28)36-33)23-12-14-25-27-10-5-9-26-24-8-3-4-11-30(24)35(34(26)27)31(25)18-23;1-21(2)22(3,4)26-23(25-21)16-9-10-19-18(13-16)17-11-14-7-5-6-8-15(14)12-20(17)24-19;19-11-8-9-13-15-6-3-5-14-12-4-1-2-7-16(12)20(18(14)15)17(13)10-11/h1-19H;5-13H,1-4H3;1-10H. The first-order valence-electron chi connectivity index (χ1n) is 28.1. The van der Waals surface area contributed by atoms with Crippen LogP contribution in [-0.2, 0) is 9.31 Å². The lowest BCUT2D eigenvalue weighted by Gasteiger charge is -2.32. The van der Waals surface area contributed by atoms with Gasteiger partial charge in [0.1, 0.15) is 22.3 Å². The number of hydrogen-bond acceptors (Lipinski definition) is 4. The van der Waals surface area contributed by atoms with Crippen molar-refractivity contribution in [3.8, 4) is 11.1 Å². The first-order valence-corrected chi connectivity index (χ1v) is 28.9.